The average molecular weight is 271 g/mol. The van der Waals surface area contributed by atoms with Crippen molar-refractivity contribution in [2.75, 3.05) is 27.2 Å². The summed E-state index contributed by atoms with van der Waals surface area (Å²) in [6.07, 6.45) is 1.63. The van der Waals surface area contributed by atoms with Gasteiger partial charge in [-0.1, -0.05) is 0 Å². The first kappa shape index (κ1) is 13.3. The third kappa shape index (κ3) is 2.66. The number of ether oxygens (including phenoxy) is 1. The predicted molar refractivity (Wildman–Crippen MR) is 67.7 cm³/mol. The van der Waals surface area contributed by atoms with Gasteiger partial charge in [0.15, 0.2) is 0 Å². The van der Waals surface area contributed by atoms with Crippen molar-refractivity contribution in [1.82, 2.24) is 4.90 Å². The third-order valence-corrected chi connectivity index (χ3v) is 4.16. The monoisotopic (exact) mass is 271 g/mol. The molecule has 0 unspecified atom stereocenters. The van der Waals surface area contributed by atoms with E-state index in [1.807, 2.05) is 7.05 Å². The van der Waals surface area contributed by atoms with Crippen LogP contribution in [0.1, 0.15) is 11.1 Å². The Bertz CT molecular complexity index is 553. The van der Waals surface area contributed by atoms with Gasteiger partial charge in [0.25, 0.3) is 10.1 Å². The highest BCUT2D eigenvalue weighted by molar-refractivity contribution is 7.86. The molecule has 0 radical (unpaired) electrons. The van der Waals surface area contributed by atoms with E-state index in [-0.39, 0.29) is 10.6 Å². The number of hydrogen-bond acceptors (Lipinski definition) is 4. The fraction of sp³-hybridized carbons (Fsp3) is 0.500. The first-order valence-corrected chi connectivity index (χ1v) is 7.21. The standard InChI is InChI=1S/C12H17NO4S/c1-13-5-3-9-7-11(17-2)12(18(14,15)16)8-10(9)4-6-13/h7-8H,3-6H2,1-2H3,(H,14,15,16). The van der Waals surface area contributed by atoms with Crippen LogP contribution in [0.5, 0.6) is 5.75 Å². The van der Waals surface area contributed by atoms with E-state index in [9.17, 15) is 13.0 Å². The molecule has 1 N–H and O–H groups in total. The Kier molecular flexibility index (Phi) is 3.61. The lowest BCUT2D eigenvalue weighted by Crippen LogP contribution is -2.20. The maximum atomic E-state index is 11.3. The van der Waals surface area contributed by atoms with Gasteiger partial charge in [0, 0.05) is 13.1 Å². The van der Waals surface area contributed by atoms with Crippen molar-refractivity contribution >= 4 is 10.1 Å². The molecule has 0 spiro atoms. The van der Waals surface area contributed by atoms with E-state index >= 15 is 0 Å². The summed E-state index contributed by atoms with van der Waals surface area (Å²) >= 11 is 0. The molecule has 1 aliphatic heterocycles. The fourth-order valence-corrected chi connectivity index (χ4v) is 2.89. The van der Waals surface area contributed by atoms with Gasteiger partial charge in [0.05, 0.1) is 7.11 Å². The second kappa shape index (κ2) is 4.87. The van der Waals surface area contributed by atoms with Crippen LogP contribution < -0.4 is 4.74 Å². The summed E-state index contributed by atoms with van der Waals surface area (Å²) in [7, 11) is -0.807. The van der Waals surface area contributed by atoms with Gasteiger partial charge < -0.3 is 9.64 Å². The number of methoxy groups -OCH3 is 1. The maximum Gasteiger partial charge on any atom is 0.298 e. The lowest BCUT2D eigenvalue weighted by molar-refractivity contribution is 0.352. The van der Waals surface area contributed by atoms with E-state index in [4.69, 9.17) is 4.74 Å². The second-order valence-corrected chi connectivity index (χ2v) is 5.94. The SMILES string of the molecule is COc1cc2c(cc1S(=O)(=O)O)CCN(C)CC2. The molecular formula is C12H17NO4S. The fourth-order valence-electron chi connectivity index (χ4n) is 2.21. The van der Waals surface area contributed by atoms with Crippen LogP contribution in [0.3, 0.4) is 0 Å². The summed E-state index contributed by atoms with van der Waals surface area (Å²) in [5.74, 6) is 0.209. The minimum atomic E-state index is -4.24. The first-order chi connectivity index (χ1) is 8.41. The van der Waals surface area contributed by atoms with Crippen molar-refractivity contribution in [3.05, 3.63) is 23.3 Å². The van der Waals surface area contributed by atoms with Crippen LogP contribution >= 0.6 is 0 Å². The molecule has 0 aromatic heterocycles. The van der Waals surface area contributed by atoms with Crippen molar-refractivity contribution in [3.63, 3.8) is 0 Å². The van der Waals surface area contributed by atoms with Gasteiger partial charge in [-0.15, -0.1) is 0 Å². The number of benzene rings is 1. The quantitative estimate of drug-likeness (QED) is 0.812. The highest BCUT2D eigenvalue weighted by atomic mass is 32.2. The predicted octanol–water partition coefficient (Wildman–Crippen LogP) is 0.972. The summed E-state index contributed by atoms with van der Waals surface area (Å²) in [5, 5.41) is 0. The van der Waals surface area contributed by atoms with Crippen LogP contribution in [0.25, 0.3) is 0 Å². The first-order valence-electron chi connectivity index (χ1n) is 5.77. The molecule has 6 heteroatoms. The van der Waals surface area contributed by atoms with E-state index < -0.39 is 10.1 Å². The van der Waals surface area contributed by atoms with Crippen LogP contribution in [-0.4, -0.2) is 45.1 Å². The summed E-state index contributed by atoms with van der Waals surface area (Å²) in [6, 6.07) is 3.25. The average Bonchev–Trinajstić information content (AvgIpc) is 2.49. The van der Waals surface area contributed by atoms with Crippen molar-refractivity contribution in [2.45, 2.75) is 17.7 Å². The van der Waals surface area contributed by atoms with Gasteiger partial charge in [-0.3, -0.25) is 4.55 Å². The van der Waals surface area contributed by atoms with Crippen molar-refractivity contribution in [1.29, 1.82) is 0 Å². The van der Waals surface area contributed by atoms with E-state index in [1.54, 1.807) is 6.07 Å². The van der Waals surface area contributed by atoms with Gasteiger partial charge in [0.1, 0.15) is 10.6 Å². The zero-order valence-electron chi connectivity index (χ0n) is 10.5. The normalized spacial score (nSPS) is 17.1. The summed E-state index contributed by atoms with van der Waals surface area (Å²) in [5.41, 5.74) is 2.05. The lowest BCUT2D eigenvalue weighted by atomic mass is 10.0. The van der Waals surface area contributed by atoms with Crippen LogP contribution in [0.4, 0.5) is 0 Å². The Morgan fingerprint density at radius 1 is 1.22 bits per heavy atom. The molecule has 0 aliphatic carbocycles. The number of hydrogen-bond donors (Lipinski definition) is 1. The van der Waals surface area contributed by atoms with E-state index in [0.29, 0.717) is 0 Å². The molecule has 18 heavy (non-hydrogen) atoms. The Morgan fingerprint density at radius 2 is 1.78 bits per heavy atom. The van der Waals surface area contributed by atoms with E-state index in [1.165, 1.54) is 13.2 Å². The van der Waals surface area contributed by atoms with Crippen LogP contribution in [0.15, 0.2) is 17.0 Å². The lowest BCUT2D eigenvalue weighted by Gasteiger charge is -2.11. The minimum Gasteiger partial charge on any atom is -0.495 e. The number of rotatable bonds is 2. The molecule has 0 bridgehead atoms. The number of fused-ring (bicyclic) bond motifs is 1. The molecule has 1 heterocycles. The Labute approximate surface area is 107 Å². The smallest absolute Gasteiger partial charge is 0.298 e. The molecule has 0 amide bonds. The zero-order chi connectivity index (χ0) is 13.3. The van der Waals surface area contributed by atoms with Crippen LogP contribution in [-0.2, 0) is 23.0 Å². The molecule has 0 atom stereocenters. The van der Waals surface area contributed by atoms with Crippen molar-refractivity contribution in [2.24, 2.45) is 0 Å². The highest BCUT2D eigenvalue weighted by Crippen LogP contribution is 2.29. The molecule has 0 fully saturated rings. The van der Waals surface area contributed by atoms with Gasteiger partial charge >= 0.3 is 0 Å². The van der Waals surface area contributed by atoms with Crippen LogP contribution in [0, 0.1) is 0 Å². The Balaban J connectivity index is 2.53. The summed E-state index contributed by atoms with van der Waals surface area (Å²) in [4.78, 5) is 2.05. The molecule has 100 valence electrons. The maximum absolute atomic E-state index is 11.3. The van der Waals surface area contributed by atoms with Gasteiger partial charge in [-0.05, 0) is 43.1 Å². The number of likely N-dealkylation sites (N-methyl/N-ethyl adjacent to an activating group) is 1. The van der Waals surface area contributed by atoms with Gasteiger partial charge in [-0.2, -0.15) is 8.42 Å². The molecule has 2 rings (SSSR count). The van der Waals surface area contributed by atoms with E-state index in [2.05, 4.69) is 4.90 Å². The molecular weight excluding hydrogens is 254 g/mol. The van der Waals surface area contributed by atoms with E-state index in [0.717, 1.165) is 37.1 Å². The Hall–Kier alpha value is -1.11. The molecule has 0 saturated heterocycles. The summed E-state index contributed by atoms with van der Waals surface area (Å²) < 4.78 is 36.9. The van der Waals surface area contributed by atoms with Crippen LogP contribution in [0.2, 0.25) is 0 Å². The Morgan fingerprint density at radius 3 is 2.28 bits per heavy atom. The molecule has 1 aromatic rings. The van der Waals surface area contributed by atoms with Crippen molar-refractivity contribution < 1.29 is 17.7 Å². The molecule has 1 aromatic carbocycles. The number of nitrogens with zero attached hydrogens (tertiary/aromatic N) is 1. The zero-order valence-corrected chi connectivity index (χ0v) is 11.3. The largest absolute Gasteiger partial charge is 0.495 e. The van der Waals surface area contributed by atoms with Gasteiger partial charge in [0.2, 0.25) is 0 Å². The van der Waals surface area contributed by atoms with Crippen molar-refractivity contribution in [3.8, 4) is 5.75 Å². The summed E-state index contributed by atoms with van der Waals surface area (Å²) in [6.45, 7) is 1.81. The van der Waals surface area contributed by atoms with Gasteiger partial charge in [-0.25, -0.2) is 0 Å². The highest BCUT2D eigenvalue weighted by Gasteiger charge is 2.21. The second-order valence-electron chi connectivity index (χ2n) is 4.55. The molecule has 1 aliphatic rings. The topological polar surface area (TPSA) is 66.8 Å². The molecule has 0 saturated carbocycles. The minimum absolute atomic E-state index is 0.145. The third-order valence-electron chi connectivity index (χ3n) is 3.29. The molecule has 5 nitrogen and oxygen atoms in total.